The summed E-state index contributed by atoms with van der Waals surface area (Å²) in [6.07, 6.45) is -4.73. The Hall–Kier alpha value is -2.50. The molecule has 0 bridgehead atoms. The number of alkyl halides is 3. The lowest BCUT2D eigenvalue weighted by molar-refractivity contribution is -0.274. The Morgan fingerprint density at radius 2 is 1.57 bits per heavy atom. The van der Waals surface area contributed by atoms with Crippen molar-refractivity contribution in [2.45, 2.75) is 13.3 Å². The van der Waals surface area contributed by atoms with Gasteiger partial charge in [0.25, 0.3) is 5.91 Å². The third-order valence-electron chi connectivity index (χ3n) is 2.66. The average Bonchev–Trinajstić information content (AvgIpc) is 2.40. The van der Waals surface area contributed by atoms with Crippen LogP contribution >= 0.6 is 0 Å². The molecule has 0 fully saturated rings. The van der Waals surface area contributed by atoms with Crippen molar-refractivity contribution in [2.75, 3.05) is 5.32 Å². The Morgan fingerprint density at radius 3 is 2.10 bits per heavy atom. The van der Waals surface area contributed by atoms with E-state index in [2.05, 4.69) is 10.1 Å². The molecule has 0 unspecified atom stereocenters. The summed E-state index contributed by atoms with van der Waals surface area (Å²) in [7, 11) is 0. The van der Waals surface area contributed by atoms with Crippen LogP contribution in [0, 0.1) is 6.92 Å². The topological polar surface area (TPSA) is 38.3 Å². The zero-order chi connectivity index (χ0) is 15.5. The maximum absolute atomic E-state index is 12.0. The summed E-state index contributed by atoms with van der Waals surface area (Å²) in [5.74, 6) is -0.671. The highest BCUT2D eigenvalue weighted by molar-refractivity contribution is 6.04. The van der Waals surface area contributed by atoms with E-state index in [1.807, 2.05) is 6.92 Å². The summed E-state index contributed by atoms with van der Waals surface area (Å²) in [5.41, 5.74) is 1.88. The van der Waals surface area contributed by atoms with Gasteiger partial charge in [-0.05, 0) is 43.3 Å². The molecule has 0 heterocycles. The molecule has 3 nitrogen and oxygen atoms in total. The Bertz CT molecular complexity index is 619. The van der Waals surface area contributed by atoms with Gasteiger partial charge in [0.2, 0.25) is 0 Å². The fourth-order valence-corrected chi connectivity index (χ4v) is 1.65. The molecule has 0 aliphatic heterocycles. The van der Waals surface area contributed by atoms with Crippen LogP contribution in [0.2, 0.25) is 0 Å². The molecule has 0 aromatic heterocycles. The molecule has 0 atom stereocenters. The second-order valence-corrected chi connectivity index (χ2v) is 4.39. The quantitative estimate of drug-likeness (QED) is 0.924. The SMILES string of the molecule is Cc1ccc(C(=O)Nc2ccc(OC(F)(F)F)cc2)cc1. The summed E-state index contributed by atoms with van der Waals surface area (Å²) < 4.78 is 39.8. The van der Waals surface area contributed by atoms with Crippen LogP contribution in [0.4, 0.5) is 18.9 Å². The van der Waals surface area contributed by atoms with Crippen LogP contribution in [0.15, 0.2) is 48.5 Å². The number of aryl methyl sites for hydroxylation is 1. The molecule has 2 aromatic carbocycles. The van der Waals surface area contributed by atoms with Gasteiger partial charge in [-0.1, -0.05) is 17.7 Å². The fourth-order valence-electron chi connectivity index (χ4n) is 1.65. The second kappa shape index (κ2) is 5.87. The number of carbonyl (C=O) groups is 1. The van der Waals surface area contributed by atoms with Gasteiger partial charge in [0.05, 0.1) is 0 Å². The van der Waals surface area contributed by atoms with Gasteiger partial charge in [-0.2, -0.15) is 0 Å². The number of anilines is 1. The van der Waals surface area contributed by atoms with E-state index in [-0.39, 0.29) is 11.7 Å². The van der Waals surface area contributed by atoms with E-state index >= 15 is 0 Å². The summed E-state index contributed by atoms with van der Waals surface area (Å²) >= 11 is 0. The first kappa shape index (κ1) is 14.9. The van der Waals surface area contributed by atoms with Gasteiger partial charge in [0, 0.05) is 11.3 Å². The fraction of sp³-hybridized carbons (Fsp3) is 0.133. The molecule has 6 heteroatoms. The lowest BCUT2D eigenvalue weighted by Crippen LogP contribution is -2.17. The molecule has 0 aliphatic rings. The van der Waals surface area contributed by atoms with Crippen LogP contribution in [0.25, 0.3) is 0 Å². The van der Waals surface area contributed by atoms with E-state index in [0.717, 1.165) is 17.7 Å². The van der Waals surface area contributed by atoms with Gasteiger partial charge in [-0.15, -0.1) is 13.2 Å². The number of benzene rings is 2. The van der Waals surface area contributed by atoms with Crippen LogP contribution in [-0.4, -0.2) is 12.3 Å². The Balaban J connectivity index is 2.03. The first-order valence-electron chi connectivity index (χ1n) is 6.07. The van der Waals surface area contributed by atoms with Gasteiger partial charge in [-0.25, -0.2) is 0 Å². The molecule has 0 saturated carbocycles. The molecule has 0 aliphatic carbocycles. The minimum absolute atomic E-state index is 0.334. The highest BCUT2D eigenvalue weighted by Crippen LogP contribution is 2.24. The average molecular weight is 295 g/mol. The minimum Gasteiger partial charge on any atom is -0.406 e. The first-order valence-corrected chi connectivity index (χ1v) is 6.07. The lowest BCUT2D eigenvalue weighted by Gasteiger charge is -2.10. The van der Waals surface area contributed by atoms with Crippen molar-refractivity contribution in [2.24, 2.45) is 0 Å². The molecule has 1 N–H and O–H groups in total. The summed E-state index contributed by atoms with van der Waals surface area (Å²) in [4.78, 5) is 11.9. The molecule has 1 amide bonds. The van der Waals surface area contributed by atoms with E-state index in [0.29, 0.717) is 11.3 Å². The molecule has 0 spiro atoms. The van der Waals surface area contributed by atoms with Crippen molar-refractivity contribution in [3.8, 4) is 5.75 Å². The minimum atomic E-state index is -4.73. The number of ether oxygens (including phenoxy) is 1. The zero-order valence-corrected chi connectivity index (χ0v) is 11.1. The highest BCUT2D eigenvalue weighted by atomic mass is 19.4. The lowest BCUT2D eigenvalue weighted by atomic mass is 10.1. The number of hydrogen-bond donors (Lipinski definition) is 1. The number of amides is 1. The predicted octanol–water partition coefficient (Wildman–Crippen LogP) is 4.15. The molecule has 21 heavy (non-hydrogen) atoms. The van der Waals surface area contributed by atoms with Gasteiger partial charge < -0.3 is 10.1 Å². The van der Waals surface area contributed by atoms with Crippen LogP contribution in [0.5, 0.6) is 5.75 Å². The zero-order valence-electron chi connectivity index (χ0n) is 11.1. The molecule has 2 aromatic rings. The van der Waals surface area contributed by atoms with Gasteiger partial charge >= 0.3 is 6.36 Å². The van der Waals surface area contributed by atoms with E-state index in [4.69, 9.17) is 0 Å². The van der Waals surface area contributed by atoms with E-state index in [1.54, 1.807) is 24.3 Å². The maximum Gasteiger partial charge on any atom is 0.573 e. The molecule has 2 rings (SSSR count). The Morgan fingerprint density at radius 1 is 1.00 bits per heavy atom. The summed E-state index contributed by atoms with van der Waals surface area (Å²) in [6, 6.07) is 11.9. The first-order chi connectivity index (χ1) is 9.83. The molecule has 0 saturated heterocycles. The Labute approximate surface area is 119 Å². The largest absolute Gasteiger partial charge is 0.573 e. The van der Waals surface area contributed by atoms with Gasteiger partial charge in [0.1, 0.15) is 5.75 Å². The van der Waals surface area contributed by atoms with Crippen molar-refractivity contribution < 1.29 is 22.7 Å². The predicted molar refractivity (Wildman–Crippen MR) is 72.3 cm³/mol. The third kappa shape index (κ3) is 4.52. The number of carbonyl (C=O) groups excluding carboxylic acids is 1. The van der Waals surface area contributed by atoms with Gasteiger partial charge in [0.15, 0.2) is 0 Å². The van der Waals surface area contributed by atoms with E-state index in [1.165, 1.54) is 12.1 Å². The number of rotatable bonds is 3. The van der Waals surface area contributed by atoms with Crippen molar-refractivity contribution in [1.82, 2.24) is 0 Å². The standard InChI is InChI=1S/C15H12F3NO2/c1-10-2-4-11(5-3-10)14(20)19-12-6-8-13(9-7-12)21-15(16,17)18/h2-9H,1H3,(H,19,20). The molecular weight excluding hydrogens is 283 g/mol. The molecule has 110 valence electrons. The Kier molecular flexibility index (Phi) is 4.16. The monoisotopic (exact) mass is 295 g/mol. The van der Waals surface area contributed by atoms with Crippen LogP contribution in [-0.2, 0) is 0 Å². The normalized spacial score (nSPS) is 11.0. The van der Waals surface area contributed by atoms with Crippen LogP contribution in [0.1, 0.15) is 15.9 Å². The number of nitrogens with one attached hydrogen (secondary N) is 1. The van der Waals surface area contributed by atoms with Crippen LogP contribution in [0.3, 0.4) is 0 Å². The second-order valence-electron chi connectivity index (χ2n) is 4.39. The van der Waals surface area contributed by atoms with Crippen molar-refractivity contribution >= 4 is 11.6 Å². The summed E-state index contributed by atoms with van der Waals surface area (Å²) in [5, 5.41) is 2.59. The van der Waals surface area contributed by atoms with Gasteiger partial charge in [-0.3, -0.25) is 4.79 Å². The highest BCUT2D eigenvalue weighted by Gasteiger charge is 2.30. The third-order valence-corrected chi connectivity index (χ3v) is 2.66. The molecule has 0 radical (unpaired) electrons. The van der Waals surface area contributed by atoms with Crippen molar-refractivity contribution in [3.63, 3.8) is 0 Å². The van der Waals surface area contributed by atoms with Crippen LogP contribution < -0.4 is 10.1 Å². The maximum atomic E-state index is 12.0. The van der Waals surface area contributed by atoms with E-state index in [9.17, 15) is 18.0 Å². The van der Waals surface area contributed by atoms with E-state index < -0.39 is 6.36 Å². The number of halogens is 3. The van der Waals surface area contributed by atoms with Crippen molar-refractivity contribution in [3.05, 3.63) is 59.7 Å². The number of hydrogen-bond acceptors (Lipinski definition) is 2. The summed E-state index contributed by atoms with van der Waals surface area (Å²) in [6.45, 7) is 1.90. The molecular formula is C15H12F3NO2. The smallest absolute Gasteiger partial charge is 0.406 e. The van der Waals surface area contributed by atoms with Crippen molar-refractivity contribution in [1.29, 1.82) is 0 Å².